The molecule has 0 aliphatic carbocycles. The molecule has 172 valence electrons. The predicted octanol–water partition coefficient (Wildman–Crippen LogP) is 0.449. The third kappa shape index (κ3) is 12.6. The van der Waals surface area contributed by atoms with Crippen molar-refractivity contribution in [2.45, 2.75) is 59.5 Å². The van der Waals surface area contributed by atoms with E-state index in [-0.39, 0.29) is 0 Å². The van der Waals surface area contributed by atoms with Gasteiger partial charge < -0.3 is 19.3 Å². The number of aliphatic hydroxyl groups excluding tert-OH is 1. The van der Waals surface area contributed by atoms with E-state index in [4.69, 9.17) is 18.2 Å². The molecule has 0 aromatic rings. The van der Waals surface area contributed by atoms with Gasteiger partial charge in [-0.3, -0.25) is 8.74 Å². The Hall–Kier alpha value is -1.48. The third-order valence-electron chi connectivity index (χ3n) is 3.25. The van der Waals surface area contributed by atoms with Gasteiger partial charge in [-0.1, -0.05) is 13.8 Å². The maximum Gasteiger partial charge on any atom is 0.511 e. The fourth-order valence-corrected chi connectivity index (χ4v) is 3.52. The summed E-state index contributed by atoms with van der Waals surface area (Å²) in [4.78, 5) is 23.3. The number of hydrogen-bond donors (Lipinski definition) is 2. The summed E-state index contributed by atoms with van der Waals surface area (Å²) in [6, 6.07) is 0. The zero-order chi connectivity index (χ0) is 23.0. The molecule has 0 aliphatic rings. The Bertz CT molecular complexity index is 754. The molecule has 0 fully saturated rings. The Morgan fingerprint density at radius 2 is 1.52 bits per heavy atom. The molecule has 2 atom stereocenters. The molecule has 12 nitrogen and oxygen atoms in total. The zero-order valence-electron chi connectivity index (χ0n) is 16.9. The largest absolute Gasteiger partial charge is 0.511 e. The minimum absolute atomic E-state index is 0.395. The van der Waals surface area contributed by atoms with E-state index in [9.17, 15) is 31.5 Å². The van der Waals surface area contributed by atoms with Crippen LogP contribution in [0.1, 0.15) is 41.0 Å². The zero-order valence-corrected chi connectivity index (χ0v) is 18.5. The average Bonchev–Trinajstić information content (AvgIpc) is 2.49. The second-order valence-corrected chi connectivity index (χ2v) is 10.4. The van der Waals surface area contributed by atoms with E-state index >= 15 is 0 Å². The van der Waals surface area contributed by atoms with E-state index in [1.54, 1.807) is 13.8 Å². The molecule has 29 heavy (non-hydrogen) atoms. The van der Waals surface area contributed by atoms with Crippen LogP contribution in [0.5, 0.6) is 0 Å². The van der Waals surface area contributed by atoms with Crippen LogP contribution in [0, 0.1) is 5.41 Å². The van der Waals surface area contributed by atoms with Crippen molar-refractivity contribution in [3.05, 3.63) is 0 Å². The highest BCUT2D eigenvalue weighted by molar-refractivity contribution is 7.87. The van der Waals surface area contributed by atoms with Crippen LogP contribution < -0.4 is 0 Å². The minimum atomic E-state index is -4.31. The number of ether oxygens (including phenoxy) is 3. The van der Waals surface area contributed by atoms with Crippen LogP contribution in [0.15, 0.2) is 0 Å². The number of carbonyl (C=O) groups is 2. The Morgan fingerprint density at radius 1 is 0.966 bits per heavy atom. The van der Waals surface area contributed by atoms with E-state index in [1.807, 2.05) is 0 Å². The Morgan fingerprint density at radius 3 is 2.00 bits per heavy atom. The number of aliphatic hydroxyl groups is 1. The molecule has 0 heterocycles. The van der Waals surface area contributed by atoms with Crippen molar-refractivity contribution in [3.63, 3.8) is 0 Å². The van der Waals surface area contributed by atoms with Gasteiger partial charge in [-0.25, -0.2) is 9.59 Å². The fraction of sp³-hybridized carbons (Fsp3) is 0.867. The van der Waals surface area contributed by atoms with Crippen LogP contribution in [-0.2, 0) is 43.4 Å². The van der Waals surface area contributed by atoms with Crippen molar-refractivity contribution in [1.82, 2.24) is 0 Å². The molecule has 0 amide bonds. The fourth-order valence-electron chi connectivity index (χ4n) is 1.72. The second kappa shape index (κ2) is 11.1. The molecule has 2 N–H and O–H groups in total. The number of esters is 1. The Balaban J connectivity index is 4.66. The third-order valence-corrected chi connectivity index (χ3v) is 5.32. The quantitative estimate of drug-likeness (QED) is 0.176. The first-order valence-electron chi connectivity index (χ1n) is 8.53. The summed E-state index contributed by atoms with van der Waals surface area (Å²) in [5.74, 6) is -2.63. The lowest BCUT2D eigenvalue weighted by molar-refractivity contribution is -0.184. The summed E-state index contributed by atoms with van der Waals surface area (Å²) in [7, 11) is -8.48. The normalized spacial score (nSPS) is 14.9. The monoisotopic (exact) mass is 464 g/mol. The number of carbonyl (C=O) groups excluding carboxylic acids is 2. The lowest BCUT2D eigenvalue weighted by Crippen LogP contribution is -2.43. The number of hydrogen-bond acceptors (Lipinski definition) is 11. The first-order valence-corrected chi connectivity index (χ1v) is 11.7. The molecule has 0 aromatic heterocycles. The first-order chi connectivity index (χ1) is 12.9. The summed E-state index contributed by atoms with van der Waals surface area (Å²) >= 11 is 0. The van der Waals surface area contributed by atoms with Crippen LogP contribution in [0.4, 0.5) is 4.79 Å². The smallest absolute Gasteiger partial charge is 0.431 e. The maximum absolute atomic E-state index is 12.0. The summed E-state index contributed by atoms with van der Waals surface area (Å²) in [5.41, 5.74) is -1.43. The highest BCUT2D eigenvalue weighted by Gasteiger charge is 2.37. The Labute approximate surface area is 170 Å². The maximum atomic E-state index is 12.0. The molecule has 2 unspecified atom stereocenters. The van der Waals surface area contributed by atoms with Crippen LogP contribution >= 0.6 is 0 Å². The summed E-state index contributed by atoms with van der Waals surface area (Å²) < 4.78 is 72.2. The SMILES string of the molecule is CC(C)OC(=O)OC(C)OC(=O)C(O)C(C)(C)COS(=O)(=O)CCCS(=O)(=O)O. The molecule has 0 aliphatic heterocycles. The summed E-state index contributed by atoms with van der Waals surface area (Å²) in [6.45, 7) is 6.41. The van der Waals surface area contributed by atoms with Crippen LogP contribution in [0.2, 0.25) is 0 Å². The van der Waals surface area contributed by atoms with Gasteiger partial charge >= 0.3 is 12.1 Å². The van der Waals surface area contributed by atoms with Gasteiger partial charge in [0.15, 0.2) is 6.10 Å². The van der Waals surface area contributed by atoms with Gasteiger partial charge in [-0.2, -0.15) is 16.8 Å². The highest BCUT2D eigenvalue weighted by Crippen LogP contribution is 2.24. The van der Waals surface area contributed by atoms with E-state index in [2.05, 4.69) is 4.74 Å². The van der Waals surface area contributed by atoms with Crippen molar-refractivity contribution in [3.8, 4) is 0 Å². The standard InChI is InChI=1S/C15H28O12S2/c1-10(2)25-14(18)27-11(3)26-13(17)12(16)15(4,5)9-24-29(22,23)8-6-7-28(19,20)21/h10-12,16H,6-9H2,1-5H3,(H,19,20,21). The van der Waals surface area contributed by atoms with Crippen LogP contribution in [0.25, 0.3) is 0 Å². The van der Waals surface area contributed by atoms with Gasteiger partial charge in [-0.15, -0.1) is 0 Å². The topological polar surface area (TPSA) is 180 Å². The second-order valence-electron chi connectivity index (χ2n) is 7.09. The molecule has 0 saturated heterocycles. The first kappa shape index (κ1) is 27.5. The van der Waals surface area contributed by atoms with E-state index in [1.165, 1.54) is 20.8 Å². The van der Waals surface area contributed by atoms with Gasteiger partial charge in [-0.05, 0) is 20.3 Å². The molecule has 14 heteroatoms. The molecular formula is C15H28O12S2. The summed E-state index contributed by atoms with van der Waals surface area (Å²) in [5, 5.41) is 10.1. The van der Waals surface area contributed by atoms with Crippen LogP contribution in [0.3, 0.4) is 0 Å². The number of rotatable bonds is 12. The molecular weight excluding hydrogens is 436 g/mol. The van der Waals surface area contributed by atoms with Crippen molar-refractivity contribution >= 4 is 32.4 Å². The Kier molecular flexibility index (Phi) is 10.5. The van der Waals surface area contributed by atoms with Crippen LogP contribution in [-0.4, -0.2) is 75.2 Å². The van der Waals surface area contributed by atoms with Crippen molar-refractivity contribution in [1.29, 1.82) is 0 Å². The lowest BCUT2D eigenvalue weighted by Gasteiger charge is -2.29. The predicted molar refractivity (Wildman–Crippen MR) is 98.8 cm³/mol. The van der Waals surface area contributed by atoms with E-state index in [0.29, 0.717) is 0 Å². The molecule has 0 saturated carbocycles. The van der Waals surface area contributed by atoms with Gasteiger partial charge in [0.2, 0.25) is 6.29 Å². The van der Waals surface area contributed by atoms with Crippen molar-refractivity contribution in [2.75, 3.05) is 18.1 Å². The molecule has 0 aromatic carbocycles. The van der Waals surface area contributed by atoms with Crippen molar-refractivity contribution < 1.29 is 54.5 Å². The minimum Gasteiger partial charge on any atom is -0.431 e. The molecule has 0 spiro atoms. The van der Waals surface area contributed by atoms with Crippen molar-refractivity contribution in [2.24, 2.45) is 5.41 Å². The molecule has 0 bridgehead atoms. The van der Waals surface area contributed by atoms with E-state index < -0.39 is 80.8 Å². The van der Waals surface area contributed by atoms with Gasteiger partial charge in [0.25, 0.3) is 20.2 Å². The van der Waals surface area contributed by atoms with E-state index in [0.717, 1.165) is 0 Å². The summed E-state index contributed by atoms with van der Waals surface area (Å²) in [6.07, 6.45) is -5.13. The van der Waals surface area contributed by atoms with Gasteiger partial charge in [0.1, 0.15) is 0 Å². The van der Waals surface area contributed by atoms with Gasteiger partial charge in [0, 0.05) is 12.3 Å². The lowest BCUT2D eigenvalue weighted by atomic mass is 9.88. The highest BCUT2D eigenvalue weighted by atomic mass is 32.2. The van der Waals surface area contributed by atoms with Gasteiger partial charge in [0.05, 0.1) is 24.2 Å². The molecule has 0 radical (unpaired) electrons. The molecule has 0 rings (SSSR count). The average molecular weight is 465 g/mol.